The maximum atomic E-state index is 17.5. The summed E-state index contributed by atoms with van der Waals surface area (Å²) < 4.78 is 203. The molecule has 15 heteroatoms. The van der Waals surface area contributed by atoms with Crippen LogP contribution in [0.3, 0.4) is 0 Å². The highest BCUT2D eigenvalue weighted by Crippen LogP contribution is 2.50. The van der Waals surface area contributed by atoms with Crippen molar-refractivity contribution < 1.29 is 66.9 Å². The molecule has 6 rings (SSSR count). The SMILES string of the molecule is CCCc1ccc(Cc2ccccc2C(F)(F)c2c(Oc3ccc(CC(OC)C(F)(F)F)c(F)c3C(F)(F)c3ccccc3Cc3ccc(CCC)cc3)ccc(CC(OC)C(F)(F)F)c2F)cc1. The molecule has 69 heavy (non-hydrogen) atoms. The zero-order valence-electron chi connectivity index (χ0n) is 38.1. The Kier molecular flexibility index (Phi) is 16.7. The fraction of sp³-hybridized carbons (Fsp3) is 0.333. The van der Waals surface area contributed by atoms with Crippen molar-refractivity contribution in [1.29, 1.82) is 0 Å². The lowest BCUT2D eigenvalue weighted by atomic mass is 9.89. The number of ether oxygens (including phenoxy) is 3. The fourth-order valence-corrected chi connectivity index (χ4v) is 8.35. The first-order valence-corrected chi connectivity index (χ1v) is 22.2. The molecule has 0 fully saturated rings. The molecule has 0 aliphatic rings. The Morgan fingerprint density at radius 1 is 0.420 bits per heavy atom. The number of hydrogen-bond donors (Lipinski definition) is 0. The van der Waals surface area contributed by atoms with Gasteiger partial charge in [0, 0.05) is 38.2 Å². The Labute approximate surface area is 393 Å². The van der Waals surface area contributed by atoms with E-state index in [1.54, 1.807) is 24.3 Å². The minimum atomic E-state index is -5.08. The van der Waals surface area contributed by atoms with Crippen LogP contribution in [0.15, 0.2) is 121 Å². The fourth-order valence-electron chi connectivity index (χ4n) is 8.35. The lowest BCUT2D eigenvalue weighted by molar-refractivity contribution is -0.212. The molecule has 368 valence electrons. The average molecular weight is 975 g/mol. The van der Waals surface area contributed by atoms with Gasteiger partial charge in [-0.05, 0) is 82.3 Å². The summed E-state index contributed by atoms with van der Waals surface area (Å²) in [5.74, 6) is -15.2. The number of methoxy groups -OCH3 is 2. The second-order valence-electron chi connectivity index (χ2n) is 16.8. The van der Waals surface area contributed by atoms with Gasteiger partial charge in [0.2, 0.25) is 0 Å². The van der Waals surface area contributed by atoms with Crippen LogP contribution in [0.25, 0.3) is 0 Å². The number of hydrogen-bond acceptors (Lipinski definition) is 3. The summed E-state index contributed by atoms with van der Waals surface area (Å²) in [6.45, 7) is 3.97. The van der Waals surface area contributed by atoms with Crippen LogP contribution in [0.2, 0.25) is 0 Å². The first-order valence-electron chi connectivity index (χ1n) is 22.2. The van der Waals surface area contributed by atoms with Crippen LogP contribution in [0.1, 0.15) is 93.5 Å². The number of rotatable bonds is 20. The van der Waals surface area contributed by atoms with Crippen molar-refractivity contribution in [2.75, 3.05) is 14.2 Å². The first-order chi connectivity index (χ1) is 32.6. The summed E-state index contributed by atoms with van der Waals surface area (Å²) in [7, 11) is 1.39. The van der Waals surface area contributed by atoms with Crippen molar-refractivity contribution in [2.24, 2.45) is 0 Å². The van der Waals surface area contributed by atoms with Crippen LogP contribution in [0.5, 0.6) is 11.5 Å². The Morgan fingerprint density at radius 2 is 0.754 bits per heavy atom. The van der Waals surface area contributed by atoms with E-state index in [1.165, 1.54) is 36.4 Å². The van der Waals surface area contributed by atoms with Gasteiger partial charge in [-0.3, -0.25) is 0 Å². The Bertz CT molecular complexity index is 2470. The van der Waals surface area contributed by atoms with Crippen molar-refractivity contribution in [2.45, 2.75) is 102 Å². The average Bonchev–Trinajstić information content (AvgIpc) is 3.29. The van der Waals surface area contributed by atoms with Crippen LogP contribution in [-0.4, -0.2) is 38.8 Å². The van der Waals surface area contributed by atoms with Gasteiger partial charge in [0.15, 0.2) is 12.2 Å². The van der Waals surface area contributed by atoms with Gasteiger partial charge in [0.1, 0.15) is 34.3 Å². The van der Waals surface area contributed by atoms with Gasteiger partial charge in [0.25, 0.3) is 0 Å². The van der Waals surface area contributed by atoms with Crippen LogP contribution < -0.4 is 4.74 Å². The van der Waals surface area contributed by atoms with Crippen LogP contribution in [0, 0.1) is 11.6 Å². The molecule has 0 saturated heterocycles. The van der Waals surface area contributed by atoms with Crippen molar-refractivity contribution in [3.05, 3.63) is 200 Å². The second-order valence-corrected chi connectivity index (χ2v) is 16.8. The predicted molar refractivity (Wildman–Crippen MR) is 239 cm³/mol. The summed E-state index contributed by atoms with van der Waals surface area (Å²) in [4.78, 5) is 0. The van der Waals surface area contributed by atoms with Crippen LogP contribution >= 0.6 is 0 Å². The van der Waals surface area contributed by atoms with Gasteiger partial charge in [-0.1, -0.05) is 136 Å². The summed E-state index contributed by atoms with van der Waals surface area (Å²) in [6, 6.07) is 26.8. The van der Waals surface area contributed by atoms with E-state index in [1.807, 2.05) is 38.1 Å². The molecule has 2 unspecified atom stereocenters. The highest BCUT2D eigenvalue weighted by atomic mass is 19.4. The van der Waals surface area contributed by atoms with Crippen molar-refractivity contribution in [3.63, 3.8) is 0 Å². The summed E-state index contributed by atoms with van der Waals surface area (Å²) in [5, 5.41) is 0. The van der Waals surface area contributed by atoms with E-state index in [4.69, 9.17) is 4.74 Å². The van der Waals surface area contributed by atoms with E-state index < -0.39 is 106 Å². The molecule has 0 amide bonds. The minimum Gasteiger partial charge on any atom is -0.456 e. The molecule has 6 aromatic carbocycles. The summed E-state index contributed by atoms with van der Waals surface area (Å²) >= 11 is 0. The van der Waals surface area contributed by atoms with Crippen LogP contribution in [-0.2, 0) is 59.8 Å². The van der Waals surface area contributed by atoms with E-state index >= 15 is 26.3 Å². The summed E-state index contributed by atoms with van der Waals surface area (Å²) in [5.41, 5.74) is -3.75. The normalized spacial score (nSPS) is 13.4. The highest BCUT2D eigenvalue weighted by molar-refractivity contribution is 5.55. The number of halogens is 12. The summed E-state index contributed by atoms with van der Waals surface area (Å²) in [6.07, 6.45) is -15.1. The molecular formula is C54H50F12O3. The predicted octanol–water partition coefficient (Wildman–Crippen LogP) is 15.4. The lowest BCUT2D eigenvalue weighted by Crippen LogP contribution is -2.33. The van der Waals surface area contributed by atoms with E-state index in [2.05, 4.69) is 9.47 Å². The molecule has 2 atom stereocenters. The quantitative estimate of drug-likeness (QED) is 0.0714. The Morgan fingerprint density at radius 3 is 1.07 bits per heavy atom. The maximum Gasteiger partial charge on any atom is 0.414 e. The van der Waals surface area contributed by atoms with Crippen molar-refractivity contribution in [3.8, 4) is 11.5 Å². The monoisotopic (exact) mass is 974 g/mol. The minimum absolute atomic E-state index is 0.0388. The third-order valence-electron chi connectivity index (χ3n) is 11.9. The zero-order valence-corrected chi connectivity index (χ0v) is 38.1. The molecule has 6 aromatic rings. The van der Waals surface area contributed by atoms with Gasteiger partial charge in [-0.15, -0.1) is 0 Å². The maximum absolute atomic E-state index is 17.5. The third kappa shape index (κ3) is 12.2. The molecule has 0 aliphatic carbocycles. The highest BCUT2D eigenvalue weighted by Gasteiger charge is 2.48. The van der Waals surface area contributed by atoms with E-state index in [9.17, 15) is 26.3 Å². The molecule has 0 spiro atoms. The third-order valence-corrected chi connectivity index (χ3v) is 11.9. The van der Waals surface area contributed by atoms with Gasteiger partial charge in [-0.2, -0.15) is 43.9 Å². The Balaban J connectivity index is 1.55. The van der Waals surface area contributed by atoms with E-state index in [-0.39, 0.29) is 24.0 Å². The molecule has 0 aliphatic heterocycles. The molecule has 0 radical (unpaired) electrons. The van der Waals surface area contributed by atoms with E-state index in [0.29, 0.717) is 49.6 Å². The van der Waals surface area contributed by atoms with E-state index in [0.717, 1.165) is 48.9 Å². The molecule has 0 bridgehead atoms. The van der Waals surface area contributed by atoms with Crippen LogP contribution in [0.4, 0.5) is 52.7 Å². The molecular weight excluding hydrogens is 925 g/mol. The number of aryl methyl sites for hydroxylation is 2. The number of benzene rings is 6. The van der Waals surface area contributed by atoms with Gasteiger partial charge < -0.3 is 14.2 Å². The zero-order chi connectivity index (χ0) is 50.3. The van der Waals surface area contributed by atoms with Gasteiger partial charge in [0.05, 0.1) is 0 Å². The molecule has 0 saturated carbocycles. The Hall–Kier alpha value is -5.80. The standard InChI is InChI=1S/C54H50F12O3/c1-5-11-33-17-21-35(22-18-33)29-37-13-7-9-15-41(37)51(57,58)47-43(27-25-39(49(47)55)31-45(67-3)53(61,62)63)69-44-28-26-40(32-46(68-4)54(64,65)66)50(56)48(44)52(59,60)42-16-10-8-14-38(42)30-36-23-19-34(12-6-2)20-24-36/h7-10,13-28,45-46H,5-6,11-12,29-32H2,1-4H3. The number of alkyl halides is 10. The largest absolute Gasteiger partial charge is 0.456 e. The molecule has 0 N–H and O–H groups in total. The first kappa shape index (κ1) is 52.6. The molecule has 3 nitrogen and oxygen atoms in total. The van der Waals surface area contributed by atoms with Gasteiger partial charge >= 0.3 is 24.2 Å². The molecule has 0 heterocycles. The topological polar surface area (TPSA) is 27.7 Å². The smallest absolute Gasteiger partial charge is 0.414 e. The second kappa shape index (κ2) is 21.9. The molecule has 0 aromatic heterocycles. The van der Waals surface area contributed by atoms with Crippen molar-refractivity contribution >= 4 is 0 Å². The lowest BCUT2D eigenvalue weighted by Gasteiger charge is -2.28. The van der Waals surface area contributed by atoms with Gasteiger partial charge in [-0.25, -0.2) is 8.78 Å². The van der Waals surface area contributed by atoms with Crippen molar-refractivity contribution in [1.82, 2.24) is 0 Å².